The number of nitrogens with zero attached hydrogens (tertiary/aromatic N) is 2. The van der Waals surface area contributed by atoms with Crippen molar-refractivity contribution in [3.63, 3.8) is 0 Å². The van der Waals surface area contributed by atoms with Crippen molar-refractivity contribution < 1.29 is 18.0 Å². The van der Waals surface area contributed by atoms with Crippen molar-refractivity contribution in [2.24, 2.45) is 0 Å². The lowest BCUT2D eigenvalue weighted by molar-refractivity contribution is -0.137. The Bertz CT molecular complexity index is 782. The Kier molecular flexibility index (Phi) is 5.63. The van der Waals surface area contributed by atoms with Crippen LogP contribution in [0.1, 0.15) is 12.5 Å². The number of benzene rings is 1. The molecule has 0 spiro atoms. The van der Waals surface area contributed by atoms with E-state index in [1.54, 1.807) is 0 Å². The molecule has 25 heavy (non-hydrogen) atoms. The number of hydrogen-bond donors (Lipinski definition) is 3. The lowest BCUT2D eigenvalue weighted by Gasteiger charge is -2.14. The first-order valence-corrected chi connectivity index (χ1v) is 8.06. The summed E-state index contributed by atoms with van der Waals surface area (Å²) in [7, 11) is 0. The number of anilines is 3. The first kappa shape index (κ1) is 19.1. The lowest BCUT2D eigenvalue weighted by Crippen LogP contribution is -2.23. The van der Waals surface area contributed by atoms with E-state index in [1.165, 1.54) is 13.0 Å². The van der Waals surface area contributed by atoms with Crippen molar-refractivity contribution in [3.05, 3.63) is 34.9 Å². The van der Waals surface area contributed by atoms with Crippen molar-refractivity contribution in [2.45, 2.75) is 23.5 Å². The molecule has 1 heterocycles. The summed E-state index contributed by atoms with van der Waals surface area (Å²) < 4.78 is 38.3. The highest BCUT2D eigenvalue weighted by Gasteiger charge is 2.31. The SMILES string of the molecule is C[C@@H](Sc1nc(N)cc(N)n1)C(=O)Nc1cc(C(F)(F)F)ccc1Cl. The van der Waals surface area contributed by atoms with Crippen LogP contribution in [-0.4, -0.2) is 21.1 Å². The third-order valence-corrected chi connectivity index (χ3v) is 4.24. The number of aromatic nitrogens is 2. The summed E-state index contributed by atoms with van der Waals surface area (Å²) in [5, 5.41) is 1.80. The number of nitrogens with one attached hydrogen (secondary N) is 1. The Hall–Kier alpha value is -2.20. The average molecular weight is 392 g/mol. The van der Waals surface area contributed by atoms with Gasteiger partial charge in [-0.1, -0.05) is 23.4 Å². The Morgan fingerprint density at radius 1 is 1.24 bits per heavy atom. The average Bonchev–Trinajstić information content (AvgIpc) is 2.47. The van der Waals surface area contributed by atoms with Gasteiger partial charge in [-0.25, -0.2) is 9.97 Å². The molecule has 0 bridgehead atoms. The van der Waals surface area contributed by atoms with Gasteiger partial charge in [0.05, 0.1) is 21.5 Å². The maximum Gasteiger partial charge on any atom is 0.416 e. The van der Waals surface area contributed by atoms with E-state index in [-0.39, 0.29) is 27.5 Å². The van der Waals surface area contributed by atoms with E-state index in [2.05, 4.69) is 15.3 Å². The maximum atomic E-state index is 12.8. The van der Waals surface area contributed by atoms with Crippen LogP contribution >= 0.6 is 23.4 Å². The van der Waals surface area contributed by atoms with Gasteiger partial charge in [0.25, 0.3) is 0 Å². The number of thioether (sulfide) groups is 1. The maximum absolute atomic E-state index is 12.8. The van der Waals surface area contributed by atoms with Gasteiger partial charge in [0.15, 0.2) is 5.16 Å². The highest BCUT2D eigenvalue weighted by Crippen LogP contribution is 2.34. The zero-order valence-electron chi connectivity index (χ0n) is 12.8. The van der Waals surface area contributed by atoms with Crippen LogP contribution in [0.15, 0.2) is 29.4 Å². The molecule has 0 aliphatic carbocycles. The van der Waals surface area contributed by atoms with Crippen LogP contribution in [0.5, 0.6) is 0 Å². The number of rotatable bonds is 4. The second-order valence-corrected chi connectivity index (χ2v) is 6.66. The highest BCUT2D eigenvalue weighted by atomic mass is 35.5. The van der Waals surface area contributed by atoms with Crippen LogP contribution in [-0.2, 0) is 11.0 Å². The minimum Gasteiger partial charge on any atom is -0.383 e. The molecule has 0 aliphatic rings. The van der Waals surface area contributed by atoms with Crippen LogP contribution in [0.3, 0.4) is 0 Å². The topological polar surface area (TPSA) is 107 Å². The molecule has 11 heteroatoms. The van der Waals surface area contributed by atoms with Gasteiger partial charge in [0.1, 0.15) is 11.6 Å². The number of alkyl halides is 3. The van der Waals surface area contributed by atoms with Crippen LogP contribution in [0.2, 0.25) is 5.02 Å². The van der Waals surface area contributed by atoms with Crippen molar-refractivity contribution in [1.29, 1.82) is 0 Å². The lowest BCUT2D eigenvalue weighted by atomic mass is 10.2. The summed E-state index contributed by atoms with van der Waals surface area (Å²) >= 11 is 6.81. The molecule has 2 rings (SSSR count). The molecule has 5 N–H and O–H groups in total. The number of amides is 1. The Labute approximate surface area is 150 Å². The zero-order valence-corrected chi connectivity index (χ0v) is 14.3. The number of halogens is 4. The van der Waals surface area contributed by atoms with Gasteiger partial charge in [-0.2, -0.15) is 13.2 Å². The molecule has 0 saturated carbocycles. The van der Waals surface area contributed by atoms with Gasteiger partial charge in [-0.15, -0.1) is 0 Å². The van der Waals surface area contributed by atoms with Gasteiger partial charge in [-0.3, -0.25) is 4.79 Å². The first-order valence-electron chi connectivity index (χ1n) is 6.80. The van der Waals surface area contributed by atoms with Gasteiger partial charge < -0.3 is 16.8 Å². The number of nitrogens with two attached hydrogens (primary N) is 2. The molecule has 0 aliphatic heterocycles. The quantitative estimate of drug-likeness (QED) is 0.544. The van der Waals surface area contributed by atoms with Crippen LogP contribution < -0.4 is 16.8 Å². The smallest absolute Gasteiger partial charge is 0.383 e. The fourth-order valence-electron chi connectivity index (χ4n) is 1.76. The normalized spacial score (nSPS) is 12.7. The van der Waals surface area contributed by atoms with Gasteiger partial charge in [0.2, 0.25) is 5.91 Å². The third-order valence-electron chi connectivity index (χ3n) is 2.95. The number of carbonyl (C=O) groups is 1. The van der Waals surface area contributed by atoms with Crippen LogP contribution in [0.4, 0.5) is 30.5 Å². The van der Waals surface area contributed by atoms with Crippen LogP contribution in [0, 0.1) is 0 Å². The predicted molar refractivity (Wildman–Crippen MR) is 91.3 cm³/mol. The molecule has 1 aromatic heterocycles. The van der Waals surface area contributed by atoms with Gasteiger partial charge in [-0.05, 0) is 25.1 Å². The molecule has 6 nitrogen and oxygen atoms in total. The highest BCUT2D eigenvalue weighted by molar-refractivity contribution is 8.00. The number of carbonyl (C=O) groups excluding carboxylic acids is 1. The van der Waals surface area contributed by atoms with E-state index in [9.17, 15) is 18.0 Å². The molecule has 1 amide bonds. The van der Waals surface area contributed by atoms with E-state index in [0.717, 1.165) is 30.0 Å². The summed E-state index contributed by atoms with van der Waals surface area (Å²) in [5.74, 6) is -0.289. The molecule has 0 unspecified atom stereocenters. The molecule has 1 atom stereocenters. The van der Waals surface area contributed by atoms with Gasteiger partial charge in [0, 0.05) is 6.07 Å². The molecular formula is C14H13ClF3N5OS. The Morgan fingerprint density at radius 3 is 2.40 bits per heavy atom. The second kappa shape index (κ2) is 7.36. The summed E-state index contributed by atoms with van der Waals surface area (Å²) in [4.78, 5) is 20.1. The molecular weight excluding hydrogens is 379 g/mol. The Balaban J connectivity index is 2.13. The fraction of sp³-hybridized carbons (Fsp3) is 0.214. The molecule has 0 radical (unpaired) electrons. The van der Waals surface area contributed by atoms with Crippen LogP contribution in [0.25, 0.3) is 0 Å². The predicted octanol–water partition coefficient (Wildman–Crippen LogP) is 3.43. The molecule has 1 aromatic carbocycles. The standard InChI is InChI=1S/C14H13ClF3N5OS/c1-6(25-13-22-10(19)5-11(20)23-13)12(24)21-9-4-7(14(16,17)18)2-3-8(9)15/h2-6H,1H3,(H,21,24)(H4,19,20,22,23)/t6-/m1/s1. The summed E-state index contributed by atoms with van der Waals surface area (Å²) in [6.45, 7) is 1.53. The fourth-order valence-corrected chi connectivity index (χ4v) is 2.72. The van der Waals surface area contributed by atoms with E-state index < -0.39 is 22.9 Å². The second-order valence-electron chi connectivity index (χ2n) is 4.94. The van der Waals surface area contributed by atoms with E-state index in [1.807, 2.05) is 0 Å². The zero-order chi connectivity index (χ0) is 18.8. The number of hydrogen-bond acceptors (Lipinski definition) is 6. The number of nitrogen functional groups attached to an aromatic ring is 2. The van der Waals surface area contributed by atoms with Crippen molar-refractivity contribution in [2.75, 3.05) is 16.8 Å². The summed E-state index contributed by atoms with van der Waals surface area (Å²) in [6, 6.07) is 4.03. The third kappa shape index (κ3) is 5.13. The Morgan fingerprint density at radius 2 is 1.84 bits per heavy atom. The minimum atomic E-state index is -4.54. The van der Waals surface area contributed by atoms with E-state index in [0.29, 0.717) is 0 Å². The molecule has 2 aromatic rings. The molecule has 0 fully saturated rings. The largest absolute Gasteiger partial charge is 0.416 e. The van der Waals surface area contributed by atoms with Crippen molar-refractivity contribution in [1.82, 2.24) is 9.97 Å². The van der Waals surface area contributed by atoms with Gasteiger partial charge >= 0.3 is 6.18 Å². The molecule has 0 saturated heterocycles. The van der Waals surface area contributed by atoms with E-state index >= 15 is 0 Å². The monoisotopic (exact) mass is 391 g/mol. The van der Waals surface area contributed by atoms with E-state index in [4.69, 9.17) is 23.1 Å². The summed E-state index contributed by atoms with van der Waals surface area (Å²) in [5.41, 5.74) is 10.0. The first-order chi connectivity index (χ1) is 11.6. The van der Waals surface area contributed by atoms with Crippen molar-refractivity contribution >= 4 is 46.6 Å². The minimum absolute atomic E-state index is 0.0111. The summed E-state index contributed by atoms with van der Waals surface area (Å²) in [6.07, 6.45) is -4.54. The van der Waals surface area contributed by atoms with Crippen molar-refractivity contribution in [3.8, 4) is 0 Å². The molecule has 134 valence electrons.